The number of hydrogen-bond donors (Lipinski definition) is 3. The highest BCUT2D eigenvalue weighted by molar-refractivity contribution is 5.75. The van der Waals surface area contributed by atoms with Crippen LogP contribution in [0.3, 0.4) is 0 Å². The molecule has 0 spiro atoms. The van der Waals surface area contributed by atoms with Crippen LogP contribution in [0.5, 0.6) is 17.2 Å². The average molecular weight is 383 g/mol. The van der Waals surface area contributed by atoms with Gasteiger partial charge in [-0.1, -0.05) is 17.3 Å². The Kier molecular flexibility index (Phi) is 4.10. The summed E-state index contributed by atoms with van der Waals surface area (Å²) in [5.41, 5.74) is -4.37. The average Bonchev–Trinajstić information content (AvgIpc) is 3.05. The van der Waals surface area contributed by atoms with Gasteiger partial charge in [0.1, 0.15) is 5.75 Å². The summed E-state index contributed by atoms with van der Waals surface area (Å²) in [7, 11) is 0. The van der Waals surface area contributed by atoms with E-state index < -0.39 is 45.3 Å². The number of aromatic hydroxyl groups is 3. The Morgan fingerprint density at radius 3 is 2.44 bits per heavy atom. The Hall–Kier alpha value is -3.83. The Balaban J connectivity index is 2.25. The molecule has 3 rings (SSSR count). The van der Waals surface area contributed by atoms with E-state index in [9.17, 15) is 38.6 Å². The monoisotopic (exact) mass is 383 g/mol. The molecule has 0 radical (unpaired) electrons. The van der Waals surface area contributed by atoms with Crippen LogP contribution in [0.15, 0.2) is 34.9 Å². The van der Waals surface area contributed by atoms with Crippen molar-refractivity contribution in [2.75, 3.05) is 0 Å². The quantitative estimate of drug-likeness (QED) is 0.354. The van der Waals surface area contributed by atoms with Gasteiger partial charge in [0, 0.05) is 5.56 Å². The predicted molar refractivity (Wildman–Crippen MR) is 81.8 cm³/mol. The zero-order chi connectivity index (χ0) is 19.9. The number of nitrogens with zero attached hydrogens (tertiary/aromatic N) is 3. The van der Waals surface area contributed by atoms with Gasteiger partial charge in [-0.15, -0.1) is 0 Å². The van der Waals surface area contributed by atoms with Crippen molar-refractivity contribution in [1.29, 1.82) is 0 Å². The maximum Gasteiger partial charge on any atom is 0.423 e. The molecule has 140 valence electrons. The number of nitro benzene ring substituents is 1. The number of rotatable bonds is 3. The van der Waals surface area contributed by atoms with Crippen LogP contribution in [0, 0.1) is 10.1 Å². The molecule has 0 atom stereocenters. The highest BCUT2D eigenvalue weighted by Gasteiger charge is 2.45. The number of phenols is 3. The third kappa shape index (κ3) is 3.19. The van der Waals surface area contributed by atoms with Crippen molar-refractivity contribution in [3.8, 4) is 40.1 Å². The van der Waals surface area contributed by atoms with Crippen molar-refractivity contribution < 1.29 is 37.9 Å². The number of hydrogen-bond acceptors (Lipinski definition) is 8. The lowest BCUT2D eigenvalue weighted by molar-refractivity contribution is -0.389. The van der Waals surface area contributed by atoms with Crippen molar-refractivity contribution in [3.05, 3.63) is 46.0 Å². The fourth-order valence-corrected chi connectivity index (χ4v) is 2.37. The first-order valence-corrected chi connectivity index (χ1v) is 7.03. The second kappa shape index (κ2) is 6.16. The number of benzene rings is 2. The molecule has 0 bridgehead atoms. The zero-order valence-electron chi connectivity index (χ0n) is 12.9. The van der Waals surface area contributed by atoms with Crippen LogP contribution in [0.4, 0.5) is 18.9 Å². The topological polar surface area (TPSA) is 143 Å². The highest BCUT2D eigenvalue weighted by Crippen LogP contribution is 2.50. The third-order valence-electron chi connectivity index (χ3n) is 3.48. The first-order valence-electron chi connectivity index (χ1n) is 7.03. The molecule has 0 aliphatic rings. The molecular formula is C15H8F3N3O6. The van der Waals surface area contributed by atoms with Crippen molar-refractivity contribution in [2.45, 2.75) is 6.18 Å². The van der Waals surface area contributed by atoms with Gasteiger partial charge in [0.15, 0.2) is 11.3 Å². The van der Waals surface area contributed by atoms with Gasteiger partial charge in [-0.25, -0.2) is 0 Å². The zero-order valence-corrected chi connectivity index (χ0v) is 12.9. The molecule has 27 heavy (non-hydrogen) atoms. The Morgan fingerprint density at radius 1 is 1.15 bits per heavy atom. The van der Waals surface area contributed by atoms with Crippen LogP contribution in [-0.2, 0) is 6.18 Å². The summed E-state index contributed by atoms with van der Waals surface area (Å²) in [6, 6.07) is 5.86. The van der Waals surface area contributed by atoms with Crippen molar-refractivity contribution in [1.82, 2.24) is 10.1 Å². The van der Waals surface area contributed by atoms with Gasteiger partial charge in [0.05, 0.1) is 10.5 Å². The number of nitro groups is 1. The summed E-state index contributed by atoms with van der Waals surface area (Å²) in [6.07, 6.45) is -5.28. The van der Waals surface area contributed by atoms with Crippen molar-refractivity contribution in [3.63, 3.8) is 0 Å². The molecule has 12 heteroatoms. The molecule has 0 saturated heterocycles. The van der Waals surface area contributed by atoms with Gasteiger partial charge < -0.3 is 19.8 Å². The number of phenolic OH excluding ortho intramolecular Hbond substituents is 3. The third-order valence-corrected chi connectivity index (χ3v) is 3.48. The molecule has 2 aromatic carbocycles. The Labute approximate surface area is 147 Å². The molecule has 0 amide bonds. The highest BCUT2D eigenvalue weighted by atomic mass is 19.4. The van der Waals surface area contributed by atoms with Gasteiger partial charge in [-0.3, -0.25) is 10.1 Å². The first kappa shape index (κ1) is 18.0. The van der Waals surface area contributed by atoms with Gasteiger partial charge in [0.25, 0.3) is 5.89 Å². The van der Waals surface area contributed by atoms with E-state index in [0.29, 0.717) is 6.07 Å². The van der Waals surface area contributed by atoms with E-state index in [4.69, 9.17) is 4.52 Å². The van der Waals surface area contributed by atoms with E-state index in [1.54, 1.807) is 0 Å². The molecule has 0 aliphatic heterocycles. The lowest BCUT2D eigenvalue weighted by Gasteiger charge is -2.12. The molecule has 0 saturated carbocycles. The second-order valence-electron chi connectivity index (χ2n) is 5.24. The normalized spacial score (nSPS) is 11.5. The summed E-state index contributed by atoms with van der Waals surface area (Å²) in [5, 5.41) is 43.1. The van der Waals surface area contributed by atoms with Gasteiger partial charge in [0.2, 0.25) is 11.6 Å². The first-order chi connectivity index (χ1) is 12.6. The fraction of sp³-hybridized carbons (Fsp3) is 0.0667. The number of alkyl halides is 3. The van der Waals surface area contributed by atoms with E-state index in [-0.39, 0.29) is 17.1 Å². The summed E-state index contributed by atoms with van der Waals surface area (Å²) < 4.78 is 45.0. The van der Waals surface area contributed by atoms with E-state index in [0.717, 1.165) is 0 Å². The lowest BCUT2D eigenvalue weighted by Crippen LogP contribution is -2.11. The van der Waals surface area contributed by atoms with Gasteiger partial charge in [-0.2, -0.15) is 18.2 Å². The molecule has 1 aromatic heterocycles. The van der Waals surface area contributed by atoms with E-state index in [2.05, 4.69) is 10.1 Å². The minimum absolute atomic E-state index is 0.159. The van der Waals surface area contributed by atoms with Crippen molar-refractivity contribution >= 4 is 5.69 Å². The Bertz CT molecular complexity index is 1050. The summed E-state index contributed by atoms with van der Waals surface area (Å²) in [6.45, 7) is 0. The Morgan fingerprint density at radius 2 is 1.85 bits per heavy atom. The molecule has 3 N–H and O–H groups in total. The van der Waals surface area contributed by atoms with Crippen LogP contribution in [0.2, 0.25) is 0 Å². The van der Waals surface area contributed by atoms with E-state index in [1.807, 2.05) is 0 Å². The second-order valence-corrected chi connectivity index (χ2v) is 5.24. The minimum atomic E-state index is -5.28. The largest absolute Gasteiger partial charge is 0.508 e. The molecule has 0 fully saturated rings. The SMILES string of the molecule is O=[N+]([O-])c1c(O)c(O)cc(-c2nc(-c3cccc(O)c3)no2)c1C(F)(F)F. The number of halogens is 3. The van der Waals surface area contributed by atoms with Crippen LogP contribution < -0.4 is 0 Å². The summed E-state index contributed by atoms with van der Waals surface area (Å²) in [5.74, 6) is -3.85. The summed E-state index contributed by atoms with van der Waals surface area (Å²) in [4.78, 5) is 13.3. The van der Waals surface area contributed by atoms with E-state index >= 15 is 0 Å². The molecule has 1 heterocycles. The molecule has 9 nitrogen and oxygen atoms in total. The van der Waals surface area contributed by atoms with Gasteiger partial charge >= 0.3 is 11.9 Å². The molecule has 0 aliphatic carbocycles. The molecule has 0 unspecified atom stereocenters. The van der Waals surface area contributed by atoms with E-state index in [1.165, 1.54) is 24.3 Å². The molecule has 3 aromatic rings. The van der Waals surface area contributed by atoms with Crippen LogP contribution in [0.25, 0.3) is 22.8 Å². The predicted octanol–water partition coefficient (Wildman–Crippen LogP) is 3.45. The maximum absolute atomic E-state index is 13.4. The molecular weight excluding hydrogens is 375 g/mol. The summed E-state index contributed by atoms with van der Waals surface area (Å²) >= 11 is 0. The standard InChI is InChI=1S/C15H8F3N3O6/c16-15(17,18)10-8(5-9(23)12(24)11(10)21(25)26)14-19-13(20-27-14)6-2-1-3-7(22)4-6/h1-5,22-24H. The van der Waals surface area contributed by atoms with Crippen LogP contribution in [0.1, 0.15) is 5.56 Å². The van der Waals surface area contributed by atoms with Crippen LogP contribution >= 0.6 is 0 Å². The van der Waals surface area contributed by atoms with Crippen molar-refractivity contribution in [2.24, 2.45) is 0 Å². The number of aromatic nitrogens is 2. The fourth-order valence-electron chi connectivity index (χ4n) is 2.37. The lowest BCUT2D eigenvalue weighted by atomic mass is 10.0. The smallest absolute Gasteiger partial charge is 0.423 e. The van der Waals surface area contributed by atoms with Gasteiger partial charge in [-0.05, 0) is 18.2 Å². The maximum atomic E-state index is 13.4. The van der Waals surface area contributed by atoms with Crippen LogP contribution in [-0.4, -0.2) is 30.4 Å². The minimum Gasteiger partial charge on any atom is -0.508 e.